The van der Waals surface area contributed by atoms with Crippen molar-refractivity contribution in [1.82, 2.24) is 20.6 Å². The summed E-state index contributed by atoms with van der Waals surface area (Å²) in [5.74, 6) is 1.96. The minimum absolute atomic E-state index is 0.0642. The lowest BCUT2D eigenvalue weighted by molar-refractivity contribution is -0.125. The van der Waals surface area contributed by atoms with Gasteiger partial charge in [0, 0.05) is 32.1 Å². The lowest BCUT2D eigenvalue weighted by atomic mass is 10.2. The monoisotopic (exact) mass is 306 g/mol. The van der Waals surface area contributed by atoms with Gasteiger partial charge in [-0.25, -0.2) is 9.97 Å². The van der Waals surface area contributed by atoms with Gasteiger partial charge >= 0.3 is 0 Å². The SMILES string of the molecule is CCNc1cc(NCCNC(=O)C2CCC(=O)N2)nc(C)n1. The number of carbonyl (C=O) groups excluding carboxylic acids is 2. The third kappa shape index (κ3) is 4.57. The Morgan fingerprint density at radius 2 is 2.05 bits per heavy atom. The van der Waals surface area contributed by atoms with E-state index in [1.165, 1.54) is 0 Å². The van der Waals surface area contributed by atoms with Crippen molar-refractivity contribution in [1.29, 1.82) is 0 Å². The van der Waals surface area contributed by atoms with E-state index in [1.807, 2.05) is 19.9 Å². The number of hydrogen-bond donors (Lipinski definition) is 4. The molecule has 0 spiro atoms. The average Bonchev–Trinajstić information content (AvgIpc) is 2.90. The fourth-order valence-corrected chi connectivity index (χ4v) is 2.24. The molecule has 120 valence electrons. The van der Waals surface area contributed by atoms with Gasteiger partial charge in [-0.2, -0.15) is 0 Å². The molecule has 1 aromatic rings. The molecule has 1 fully saturated rings. The van der Waals surface area contributed by atoms with Crippen LogP contribution in [-0.4, -0.2) is 47.5 Å². The van der Waals surface area contributed by atoms with Crippen LogP contribution < -0.4 is 21.3 Å². The number of aryl methyl sites for hydroxylation is 1. The number of hydrogen-bond acceptors (Lipinski definition) is 6. The molecular formula is C14H22N6O2. The van der Waals surface area contributed by atoms with Crippen LogP contribution in [0.1, 0.15) is 25.6 Å². The molecule has 1 aliphatic rings. The van der Waals surface area contributed by atoms with Gasteiger partial charge in [0.05, 0.1) is 0 Å². The van der Waals surface area contributed by atoms with Crippen LogP contribution >= 0.6 is 0 Å². The first-order valence-corrected chi connectivity index (χ1v) is 7.49. The lowest BCUT2D eigenvalue weighted by Crippen LogP contribution is -2.43. The van der Waals surface area contributed by atoms with Gasteiger partial charge in [0.1, 0.15) is 23.5 Å². The normalized spacial score (nSPS) is 17.0. The summed E-state index contributed by atoms with van der Waals surface area (Å²) < 4.78 is 0. The number of nitrogens with one attached hydrogen (secondary N) is 4. The van der Waals surface area contributed by atoms with Crippen molar-refractivity contribution in [3.8, 4) is 0 Å². The summed E-state index contributed by atoms with van der Waals surface area (Å²) in [6.07, 6.45) is 0.985. The molecule has 2 heterocycles. The molecule has 2 rings (SSSR count). The lowest BCUT2D eigenvalue weighted by Gasteiger charge is -2.12. The topological polar surface area (TPSA) is 108 Å². The molecular weight excluding hydrogens is 284 g/mol. The highest BCUT2D eigenvalue weighted by molar-refractivity contribution is 5.90. The van der Waals surface area contributed by atoms with E-state index in [-0.39, 0.29) is 11.8 Å². The predicted octanol–water partition coefficient (Wildman–Crippen LogP) is 0.0235. The van der Waals surface area contributed by atoms with Crippen LogP contribution in [0.3, 0.4) is 0 Å². The molecule has 22 heavy (non-hydrogen) atoms. The van der Waals surface area contributed by atoms with E-state index in [4.69, 9.17) is 0 Å². The fraction of sp³-hybridized carbons (Fsp3) is 0.571. The van der Waals surface area contributed by atoms with Gasteiger partial charge in [0.15, 0.2) is 0 Å². The van der Waals surface area contributed by atoms with Gasteiger partial charge in [0.25, 0.3) is 0 Å². The second-order valence-corrected chi connectivity index (χ2v) is 5.09. The Labute approximate surface area is 129 Å². The van der Waals surface area contributed by atoms with Crippen LogP contribution in [0.15, 0.2) is 6.07 Å². The molecule has 0 bridgehead atoms. The maximum atomic E-state index is 11.8. The van der Waals surface area contributed by atoms with Crippen LogP contribution in [0, 0.1) is 6.92 Å². The van der Waals surface area contributed by atoms with Gasteiger partial charge in [-0.15, -0.1) is 0 Å². The Balaban J connectivity index is 1.74. The van der Waals surface area contributed by atoms with E-state index in [2.05, 4.69) is 31.2 Å². The number of carbonyl (C=O) groups is 2. The van der Waals surface area contributed by atoms with Crippen molar-refractivity contribution in [2.24, 2.45) is 0 Å². The Morgan fingerprint density at radius 3 is 2.68 bits per heavy atom. The van der Waals surface area contributed by atoms with Crippen molar-refractivity contribution in [3.05, 3.63) is 11.9 Å². The average molecular weight is 306 g/mol. The molecule has 1 atom stereocenters. The van der Waals surface area contributed by atoms with Crippen LogP contribution in [0.25, 0.3) is 0 Å². The molecule has 8 nitrogen and oxygen atoms in total. The predicted molar refractivity (Wildman–Crippen MR) is 83.6 cm³/mol. The molecule has 1 saturated heterocycles. The molecule has 1 aliphatic heterocycles. The number of rotatable bonds is 7. The Hall–Kier alpha value is -2.38. The first-order chi connectivity index (χ1) is 10.6. The second kappa shape index (κ2) is 7.58. The molecule has 0 saturated carbocycles. The Kier molecular flexibility index (Phi) is 5.51. The Morgan fingerprint density at radius 1 is 1.32 bits per heavy atom. The van der Waals surface area contributed by atoms with Gasteiger partial charge in [-0.05, 0) is 20.3 Å². The fourth-order valence-electron chi connectivity index (χ4n) is 2.24. The summed E-state index contributed by atoms with van der Waals surface area (Å²) in [7, 11) is 0. The van der Waals surface area contributed by atoms with Crippen molar-refractivity contribution in [3.63, 3.8) is 0 Å². The minimum atomic E-state index is -0.394. The van der Waals surface area contributed by atoms with Crippen molar-refractivity contribution in [2.75, 3.05) is 30.3 Å². The molecule has 0 aromatic carbocycles. The van der Waals surface area contributed by atoms with E-state index >= 15 is 0 Å². The largest absolute Gasteiger partial charge is 0.370 e. The number of nitrogens with zero attached hydrogens (tertiary/aromatic N) is 2. The first kappa shape index (κ1) is 16.0. The standard InChI is InChI=1S/C14H22N6O2/c1-3-15-11-8-12(19-9(2)18-11)16-6-7-17-14(22)10-4-5-13(21)20-10/h8,10H,3-7H2,1-2H3,(H,17,22)(H,20,21)(H2,15,16,18,19). The highest BCUT2D eigenvalue weighted by atomic mass is 16.2. The van der Waals surface area contributed by atoms with Crippen LogP contribution in [0.4, 0.5) is 11.6 Å². The van der Waals surface area contributed by atoms with E-state index in [1.54, 1.807) is 0 Å². The van der Waals surface area contributed by atoms with E-state index < -0.39 is 6.04 Å². The molecule has 8 heteroatoms. The number of aromatic nitrogens is 2. The number of amides is 2. The summed E-state index contributed by atoms with van der Waals surface area (Å²) in [6.45, 7) is 5.64. The summed E-state index contributed by atoms with van der Waals surface area (Å²) in [4.78, 5) is 31.4. The van der Waals surface area contributed by atoms with Crippen LogP contribution in [-0.2, 0) is 9.59 Å². The quantitative estimate of drug-likeness (QED) is 0.529. The summed E-state index contributed by atoms with van der Waals surface area (Å²) in [5, 5.41) is 11.7. The number of anilines is 2. The van der Waals surface area contributed by atoms with Gasteiger partial charge in [-0.1, -0.05) is 0 Å². The molecule has 4 N–H and O–H groups in total. The third-order valence-corrected chi connectivity index (χ3v) is 3.24. The summed E-state index contributed by atoms with van der Waals surface area (Å²) in [6, 6.07) is 1.43. The second-order valence-electron chi connectivity index (χ2n) is 5.09. The van der Waals surface area contributed by atoms with Gasteiger partial charge < -0.3 is 21.3 Å². The molecule has 0 radical (unpaired) electrons. The van der Waals surface area contributed by atoms with E-state index in [0.29, 0.717) is 37.6 Å². The summed E-state index contributed by atoms with van der Waals surface area (Å²) >= 11 is 0. The highest BCUT2D eigenvalue weighted by Gasteiger charge is 2.26. The van der Waals surface area contributed by atoms with Gasteiger partial charge in [-0.3, -0.25) is 9.59 Å². The van der Waals surface area contributed by atoms with E-state index in [0.717, 1.165) is 12.4 Å². The van der Waals surface area contributed by atoms with Crippen molar-refractivity contribution in [2.45, 2.75) is 32.7 Å². The first-order valence-electron chi connectivity index (χ1n) is 7.49. The van der Waals surface area contributed by atoms with Crippen LogP contribution in [0.2, 0.25) is 0 Å². The minimum Gasteiger partial charge on any atom is -0.370 e. The highest BCUT2D eigenvalue weighted by Crippen LogP contribution is 2.10. The van der Waals surface area contributed by atoms with Crippen molar-refractivity contribution >= 4 is 23.5 Å². The smallest absolute Gasteiger partial charge is 0.242 e. The zero-order chi connectivity index (χ0) is 15.9. The molecule has 0 aliphatic carbocycles. The zero-order valence-electron chi connectivity index (χ0n) is 12.9. The Bertz CT molecular complexity index is 548. The summed E-state index contributed by atoms with van der Waals surface area (Å²) in [5.41, 5.74) is 0. The maximum Gasteiger partial charge on any atom is 0.242 e. The van der Waals surface area contributed by atoms with Crippen LogP contribution in [0.5, 0.6) is 0 Å². The zero-order valence-corrected chi connectivity index (χ0v) is 12.9. The molecule has 2 amide bonds. The molecule has 1 aromatic heterocycles. The molecule has 1 unspecified atom stereocenters. The maximum absolute atomic E-state index is 11.8. The third-order valence-electron chi connectivity index (χ3n) is 3.24. The van der Waals surface area contributed by atoms with Crippen molar-refractivity contribution < 1.29 is 9.59 Å². The van der Waals surface area contributed by atoms with E-state index in [9.17, 15) is 9.59 Å². The van der Waals surface area contributed by atoms with Gasteiger partial charge in [0.2, 0.25) is 11.8 Å².